The molecule has 0 aliphatic rings. The van der Waals surface area contributed by atoms with Crippen molar-refractivity contribution >= 4 is 11.6 Å². The first-order valence-corrected chi connectivity index (χ1v) is 6.15. The first-order chi connectivity index (χ1) is 8.06. The highest BCUT2D eigenvalue weighted by molar-refractivity contribution is 6.32. The van der Waals surface area contributed by atoms with Crippen LogP contribution < -0.4 is 10.5 Å². The van der Waals surface area contributed by atoms with Crippen LogP contribution in [-0.2, 0) is 6.54 Å². The molecule has 0 amide bonds. The van der Waals surface area contributed by atoms with Gasteiger partial charge in [0.2, 0.25) is 0 Å². The number of nitrogens with two attached hydrogens (primary N) is 1. The fraction of sp³-hybridized carbons (Fsp3) is 0.538. The Balaban J connectivity index is 2.59. The zero-order chi connectivity index (χ0) is 12.8. The van der Waals surface area contributed by atoms with Crippen molar-refractivity contribution in [1.29, 1.82) is 0 Å². The summed E-state index contributed by atoms with van der Waals surface area (Å²) in [5.41, 5.74) is 6.79. The molecule has 0 aliphatic carbocycles. The summed E-state index contributed by atoms with van der Waals surface area (Å²) < 4.78 is 5.12. The Morgan fingerprint density at radius 1 is 1.47 bits per heavy atom. The smallest absolute Gasteiger partial charge is 0.137 e. The number of methoxy groups -OCH3 is 1. The second-order valence-corrected chi connectivity index (χ2v) is 4.91. The molecular weight excluding hydrogens is 236 g/mol. The van der Waals surface area contributed by atoms with Crippen LogP contribution in [0.4, 0.5) is 0 Å². The molecule has 0 radical (unpaired) electrons. The van der Waals surface area contributed by atoms with Gasteiger partial charge in [-0.25, -0.2) is 0 Å². The highest BCUT2D eigenvalue weighted by Crippen LogP contribution is 2.25. The number of benzene rings is 1. The first-order valence-electron chi connectivity index (χ1n) is 5.77. The van der Waals surface area contributed by atoms with E-state index < -0.39 is 0 Å². The Kier molecular flexibility index (Phi) is 5.75. The third kappa shape index (κ3) is 4.54. The van der Waals surface area contributed by atoms with E-state index in [1.807, 2.05) is 18.2 Å². The van der Waals surface area contributed by atoms with Crippen molar-refractivity contribution in [2.45, 2.75) is 13.5 Å². The zero-order valence-corrected chi connectivity index (χ0v) is 11.5. The maximum atomic E-state index is 6.08. The second-order valence-electron chi connectivity index (χ2n) is 4.51. The molecule has 96 valence electrons. The molecule has 3 nitrogen and oxygen atoms in total. The standard InChI is InChI=1S/C13H21ClN2O/c1-10(7-15)8-16(2)9-11-4-5-13(17-3)12(14)6-11/h4-6,10H,7-9,15H2,1-3H3. The lowest BCUT2D eigenvalue weighted by Crippen LogP contribution is -2.28. The molecule has 1 rings (SSSR count). The Morgan fingerprint density at radius 3 is 2.71 bits per heavy atom. The summed E-state index contributed by atoms with van der Waals surface area (Å²) in [6, 6.07) is 5.89. The number of ether oxygens (including phenoxy) is 1. The zero-order valence-electron chi connectivity index (χ0n) is 10.7. The molecule has 2 N–H and O–H groups in total. The van der Waals surface area contributed by atoms with Gasteiger partial charge in [0.15, 0.2) is 0 Å². The first kappa shape index (κ1) is 14.3. The van der Waals surface area contributed by atoms with Crippen LogP contribution in [0.15, 0.2) is 18.2 Å². The number of hydrogen-bond acceptors (Lipinski definition) is 3. The third-order valence-electron chi connectivity index (χ3n) is 2.69. The fourth-order valence-electron chi connectivity index (χ4n) is 1.79. The highest BCUT2D eigenvalue weighted by atomic mass is 35.5. The average Bonchev–Trinajstić information content (AvgIpc) is 2.29. The van der Waals surface area contributed by atoms with Crippen LogP contribution in [0.3, 0.4) is 0 Å². The molecule has 1 aromatic carbocycles. The second kappa shape index (κ2) is 6.84. The minimum absolute atomic E-state index is 0.508. The van der Waals surface area contributed by atoms with E-state index in [2.05, 4.69) is 18.9 Å². The molecule has 0 heterocycles. The molecule has 1 unspecified atom stereocenters. The van der Waals surface area contributed by atoms with Gasteiger partial charge in [0, 0.05) is 13.1 Å². The van der Waals surface area contributed by atoms with Gasteiger partial charge in [-0.3, -0.25) is 0 Å². The molecule has 1 atom stereocenters. The van der Waals surface area contributed by atoms with E-state index in [1.165, 1.54) is 5.56 Å². The van der Waals surface area contributed by atoms with Gasteiger partial charge in [-0.1, -0.05) is 24.6 Å². The van der Waals surface area contributed by atoms with Crippen molar-refractivity contribution in [3.8, 4) is 5.75 Å². The Hall–Kier alpha value is -0.770. The van der Waals surface area contributed by atoms with Gasteiger partial charge in [-0.2, -0.15) is 0 Å². The third-order valence-corrected chi connectivity index (χ3v) is 2.99. The van der Waals surface area contributed by atoms with Crippen molar-refractivity contribution in [2.24, 2.45) is 11.7 Å². The van der Waals surface area contributed by atoms with Gasteiger partial charge in [0.25, 0.3) is 0 Å². The van der Waals surface area contributed by atoms with Crippen LogP contribution >= 0.6 is 11.6 Å². The lowest BCUT2D eigenvalue weighted by Gasteiger charge is -2.20. The lowest BCUT2D eigenvalue weighted by atomic mass is 10.1. The molecule has 0 aliphatic heterocycles. The number of rotatable bonds is 6. The van der Waals surface area contributed by atoms with E-state index >= 15 is 0 Å². The van der Waals surface area contributed by atoms with Gasteiger partial charge in [0.1, 0.15) is 5.75 Å². The predicted octanol–water partition coefficient (Wildman–Crippen LogP) is 2.38. The molecule has 0 saturated carbocycles. The Morgan fingerprint density at radius 2 is 2.18 bits per heavy atom. The van der Waals surface area contributed by atoms with Crippen LogP contribution in [0, 0.1) is 5.92 Å². The normalized spacial score (nSPS) is 12.8. The predicted molar refractivity (Wildman–Crippen MR) is 72.6 cm³/mol. The number of halogens is 1. The van der Waals surface area contributed by atoms with Crippen LogP contribution in [0.2, 0.25) is 5.02 Å². The molecule has 0 saturated heterocycles. The summed E-state index contributed by atoms with van der Waals surface area (Å²) in [6.07, 6.45) is 0. The molecular formula is C13H21ClN2O. The lowest BCUT2D eigenvalue weighted by molar-refractivity contribution is 0.282. The van der Waals surface area contributed by atoms with Gasteiger partial charge in [0.05, 0.1) is 12.1 Å². The van der Waals surface area contributed by atoms with Crippen LogP contribution in [-0.4, -0.2) is 32.1 Å². The topological polar surface area (TPSA) is 38.5 Å². The highest BCUT2D eigenvalue weighted by Gasteiger charge is 2.07. The monoisotopic (exact) mass is 256 g/mol. The van der Waals surface area contributed by atoms with Gasteiger partial charge in [-0.05, 0) is 37.2 Å². The Labute approximate surface area is 109 Å². The summed E-state index contributed by atoms with van der Waals surface area (Å²) in [7, 11) is 3.71. The number of hydrogen-bond donors (Lipinski definition) is 1. The van der Waals surface area contributed by atoms with Gasteiger partial charge in [-0.15, -0.1) is 0 Å². The molecule has 0 bridgehead atoms. The Bertz CT molecular complexity index is 357. The van der Waals surface area contributed by atoms with E-state index in [1.54, 1.807) is 7.11 Å². The summed E-state index contributed by atoms with van der Waals surface area (Å²) in [4.78, 5) is 2.25. The van der Waals surface area contributed by atoms with E-state index in [0.717, 1.165) is 13.1 Å². The molecule has 0 spiro atoms. The van der Waals surface area contributed by atoms with Crippen molar-refractivity contribution in [1.82, 2.24) is 4.90 Å². The summed E-state index contributed by atoms with van der Waals surface area (Å²) in [5.74, 6) is 1.22. The largest absolute Gasteiger partial charge is 0.495 e. The fourth-order valence-corrected chi connectivity index (χ4v) is 2.07. The van der Waals surface area contributed by atoms with E-state index in [0.29, 0.717) is 23.2 Å². The SMILES string of the molecule is COc1ccc(CN(C)CC(C)CN)cc1Cl. The van der Waals surface area contributed by atoms with Gasteiger partial charge < -0.3 is 15.4 Å². The molecule has 0 fully saturated rings. The maximum absolute atomic E-state index is 6.08. The number of nitrogens with zero attached hydrogens (tertiary/aromatic N) is 1. The minimum Gasteiger partial charge on any atom is -0.495 e. The summed E-state index contributed by atoms with van der Waals surface area (Å²) in [6.45, 7) is 4.72. The molecule has 17 heavy (non-hydrogen) atoms. The summed E-state index contributed by atoms with van der Waals surface area (Å²) >= 11 is 6.08. The van der Waals surface area contributed by atoms with Crippen LogP contribution in [0.1, 0.15) is 12.5 Å². The minimum atomic E-state index is 0.508. The van der Waals surface area contributed by atoms with E-state index in [9.17, 15) is 0 Å². The summed E-state index contributed by atoms with van der Waals surface area (Å²) in [5, 5.41) is 0.658. The quantitative estimate of drug-likeness (QED) is 0.849. The van der Waals surface area contributed by atoms with Crippen molar-refractivity contribution in [3.63, 3.8) is 0 Å². The van der Waals surface area contributed by atoms with Crippen molar-refractivity contribution < 1.29 is 4.74 Å². The maximum Gasteiger partial charge on any atom is 0.137 e. The average molecular weight is 257 g/mol. The van der Waals surface area contributed by atoms with E-state index in [-0.39, 0.29) is 0 Å². The van der Waals surface area contributed by atoms with Crippen LogP contribution in [0.25, 0.3) is 0 Å². The van der Waals surface area contributed by atoms with Crippen LogP contribution in [0.5, 0.6) is 5.75 Å². The van der Waals surface area contributed by atoms with Gasteiger partial charge >= 0.3 is 0 Å². The van der Waals surface area contributed by atoms with E-state index in [4.69, 9.17) is 22.1 Å². The van der Waals surface area contributed by atoms with Crippen molar-refractivity contribution in [3.05, 3.63) is 28.8 Å². The van der Waals surface area contributed by atoms with Crippen molar-refractivity contribution in [2.75, 3.05) is 27.2 Å². The molecule has 1 aromatic rings. The molecule has 0 aromatic heterocycles. The molecule has 4 heteroatoms.